The van der Waals surface area contributed by atoms with Gasteiger partial charge in [-0.1, -0.05) is 0 Å². The molecule has 2 heterocycles. The number of fused-ring (bicyclic) bond motifs is 1. The third-order valence-electron chi connectivity index (χ3n) is 7.22. The van der Waals surface area contributed by atoms with Crippen molar-refractivity contribution in [3.05, 3.63) is 29.1 Å². The Morgan fingerprint density at radius 2 is 1.92 bits per heavy atom. The van der Waals surface area contributed by atoms with Gasteiger partial charge in [-0.05, 0) is 79.7 Å². The summed E-state index contributed by atoms with van der Waals surface area (Å²) >= 11 is 0. The number of pyridine rings is 1. The molecule has 1 aromatic rings. The smallest absolute Gasteiger partial charge is 0.276 e. The predicted molar refractivity (Wildman–Crippen MR) is 93.1 cm³/mol. The second kappa shape index (κ2) is 5.78. The van der Waals surface area contributed by atoms with Crippen LogP contribution in [-0.4, -0.2) is 34.1 Å². The van der Waals surface area contributed by atoms with E-state index in [0.717, 1.165) is 48.5 Å². The van der Waals surface area contributed by atoms with Gasteiger partial charge in [0.05, 0.1) is 11.3 Å². The molecule has 1 aromatic heterocycles. The van der Waals surface area contributed by atoms with Crippen LogP contribution in [0.4, 0.5) is 0 Å². The molecule has 4 aliphatic carbocycles. The van der Waals surface area contributed by atoms with Crippen LogP contribution in [0, 0.1) is 23.2 Å². The zero-order chi connectivity index (χ0) is 17.0. The van der Waals surface area contributed by atoms with Crippen LogP contribution in [0.1, 0.15) is 60.1 Å². The van der Waals surface area contributed by atoms with E-state index in [4.69, 9.17) is 5.21 Å². The summed E-state index contributed by atoms with van der Waals surface area (Å²) in [5.41, 5.74) is 4.96. The van der Waals surface area contributed by atoms with Crippen LogP contribution in [0.25, 0.3) is 0 Å². The van der Waals surface area contributed by atoms with Crippen molar-refractivity contribution >= 4 is 5.91 Å². The molecular formula is C20H27N3O2. The van der Waals surface area contributed by atoms with Crippen molar-refractivity contribution in [3.63, 3.8) is 0 Å². The molecule has 4 fully saturated rings. The van der Waals surface area contributed by atoms with E-state index >= 15 is 0 Å². The van der Waals surface area contributed by atoms with Crippen LogP contribution in [-0.2, 0) is 13.0 Å². The molecule has 0 saturated heterocycles. The normalized spacial score (nSPS) is 36.3. The van der Waals surface area contributed by atoms with Crippen molar-refractivity contribution in [3.8, 4) is 0 Å². The molecule has 0 spiro atoms. The largest absolute Gasteiger partial charge is 0.297 e. The first-order chi connectivity index (χ1) is 12.1. The molecule has 4 bridgehead atoms. The molecule has 4 saturated carbocycles. The summed E-state index contributed by atoms with van der Waals surface area (Å²) in [7, 11) is 0. The van der Waals surface area contributed by atoms with Crippen LogP contribution in [0.3, 0.4) is 0 Å². The summed E-state index contributed by atoms with van der Waals surface area (Å²) in [4.78, 5) is 18.7. The number of carbonyl (C=O) groups excluding carboxylic acids is 1. The Kier molecular flexibility index (Phi) is 3.64. The highest BCUT2D eigenvalue weighted by molar-refractivity contribution is 5.93. The van der Waals surface area contributed by atoms with Gasteiger partial charge in [-0.3, -0.25) is 19.9 Å². The molecule has 25 heavy (non-hydrogen) atoms. The molecule has 1 aliphatic heterocycles. The van der Waals surface area contributed by atoms with Crippen LogP contribution >= 0.6 is 0 Å². The van der Waals surface area contributed by atoms with Crippen LogP contribution in [0.2, 0.25) is 0 Å². The van der Waals surface area contributed by atoms with Gasteiger partial charge in [-0.2, -0.15) is 0 Å². The SMILES string of the molecule is O=C(NO)c1cnc2c(c1)CCN(CC13CC4CC(CC(C4)C1)C3)C2. The Hall–Kier alpha value is -1.46. The average molecular weight is 341 g/mol. The Labute approximate surface area is 148 Å². The molecular weight excluding hydrogens is 314 g/mol. The van der Waals surface area contributed by atoms with Gasteiger partial charge in [-0.15, -0.1) is 0 Å². The zero-order valence-corrected chi connectivity index (χ0v) is 14.7. The lowest BCUT2D eigenvalue weighted by atomic mass is 9.49. The lowest BCUT2D eigenvalue weighted by Gasteiger charge is -2.58. The highest BCUT2D eigenvalue weighted by Gasteiger charge is 2.51. The number of hydroxylamine groups is 1. The van der Waals surface area contributed by atoms with Crippen LogP contribution in [0.5, 0.6) is 0 Å². The van der Waals surface area contributed by atoms with Crippen LogP contribution in [0.15, 0.2) is 12.3 Å². The Morgan fingerprint density at radius 1 is 1.24 bits per heavy atom. The van der Waals surface area contributed by atoms with Gasteiger partial charge in [0.15, 0.2) is 0 Å². The number of aromatic nitrogens is 1. The van der Waals surface area contributed by atoms with Gasteiger partial charge in [-0.25, -0.2) is 5.48 Å². The molecule has 6 rings (SSSR count). The van der Waals surface area contributed by atoms with Gasteiger partial charge >= 0.3 is 0 Å². The van der Waals surface area contributed by atoms with Gasteiger partial charge in [0.25, 0.3) is 5.91 Å². The lowest BCUT2D eigenvalue weighted by molar-refractivity contribution is -0.0709. The van der Waals surface area contributed by atoms with Gasteiger partial charge in [0.2, 0.25) is 0 Å². The minimum Gasteiger partial charge on any atom is -0.297 e. The summed E-state index contributed by atoms with van der Waals surface area (Å²) in [6, 6.07) is 1.88. The molecule has 5 aliphatic rings. The number of hydrogen-bond donors (Lipinski definition) is 2. The Balaban J connectivity index is 1.31. The number of carbonyl (C=O) groups is 1. The number of hydrogen-bond acceptors (Lipinski definition) is 4. The first-order valence-electron chi connectivity index (χ1n) is 9.77. The summed E-state index contributed by atoms with van der Waals surface area (Å²) in [5.74, 6) is 2.52. The zero-order valence-electron chi connectivity index (χ0n) is 14.7. The van der Waals surface area contributed by atoms with Crippen molar-refractivity contribution < 1.29 is 10.0 Å². The second-order valence-electron chi connectivity index (χ2n) is 9.15. The van der Waals surface area contributed by atoms with E-state index in [1.807, 2.05) is 6.07 Å². The van der Waals surface area contributed by atoms with Crippen molar-refractivity contribution in [2.75, 3.05) is 13.1 Å². The van der Waals surface area contributed by atoms with E-state index in [1.54, 1.807) is 11.7 Å². The minimum absolute atomic E-state index is 0.441. The third-order valence-corrected chi connectivity index (χ3v) is 7.22. The molecule has 2 N–H and O–H groups in total. The van der Waals surface area contributed by atoms with Gasteiger partial charge in [0.1, 0.15) is 0 Å². The van der Waals surface area contributed by atoms with E-state index in [2.05, 4.69) is 9.88 Å². The first kappa shape index (κ1) is 15.8. The highest BCUT2D eigenvalue weighted by atomic mass is 16.5. The average Bonchev–Trinajstić information content (AvgIpc) is 2.59. The number of nitrogens with zero attached hydrogens (tertiary/aromatic N) is 2. The fourth-order valence-corrected chi connectivity index (χ4v) is 6.75. The number of amides is 1. The third kappa shape index (κ3) is 2.77. The van der Waals surface area contributed by atoms with Crippen molar-refractivity contribution in [2.24, 2.45) is 23.2 Å². The standard InChI is InChI=1S/C20H27N3O2/c24-19(22-25)17-6-16-1-2-23(11-18(16)21-10-17)12-20-7-13-3-14(8-20)5-15(4-13)9-20/h6,10,13-15,25H,1-5,7-9,11-12H2,(H,22,24). The van der Waals surface area contributed by atoms with E-state index in [0.29, 0.717) is 11.0 Å². The maximum absolute atomic E-state index is 11.6. The fourth-order valence-electron chi connectivity index (χ4n) is 6.75. The molecule has 0 unspecified atom stereocenters. The molecule has 0 atom stereocenters. The van der Waals surface area contributed by atoms with Crippen molar-refractivity contribution in [1.82, 2.24) is 15.4 Å². The van der Waals surface area contributed by atoms with Crippen molar-refractivity contribution in [1.29, 1.82) is 0 Å². The van der Waals surface area contributed by atoms with Crippen molar-refractivity contribution in [2.45, 2.75) is 51.5 Å². The molecule has 0 radical (unpaired) electrons. The van der Waals surface area contributed by atoms with Gasteiger partial charge < -0.3 is 0 Å². The van der Waals surface area contributed by atoms with Crippen LogP contribution < -0.4 is 5.48 Å². The molecule has 1 amide bonds. The van der Waals surface area contributed by atoms with Gasteiger partial charge in [0, 0.05) is 25.8 Å². The monoisotopic (exact) mass is 341 g/mol. The first-order valence-corrected chi connectivity index (χ1v) is 9.77. The Bertz CT molecular complexity index is 667. The molecule has 5 heteroatoms. The fraction of sp³-hybridized carbons (Fsp3) is 0.700. The lowest BCUT2D eigenvalue weighted by Crippen LogP contribution is -2.51. The maximum atomic E-state index is 11.6. The molecule has 134 valence electrons. The summed E-state index contributed by atoms with van der Waals surface area (Å²) in [5, 5.41) is 8.79. The predicted octanol–water partition coefficient (Wildman–Crippen LogP) is 2.78. The van der Waals surface area contributed by atoms with E-state index in [-0.39, 0.29) is 0 Å². The van der Waals surface area contributed by atoms with E-state index in [1.165, 1.54) is 45.1 Å². The van der Waals surface area contributed by atoms with E-state index in [9.17, 15) is 4.79 Å². The quantitative estimate of drug-likeness (QED) is 0.655. The summed E-state index contributed by atoms with van der Waals surface area (Å²) in [6.07, 6.45) is 11.4. The second-order valence-corrected chi connectivity index (χ2v) is 9.15. The summed E-state index contributed by atoms with van der Waals surface area (Å²) in [6.45, 7) is 3.19. The number of nitrogens with one attached hydrogen (secondary N) is 1. The topological polar surface area (TPSA) is 65.5 Å². The summed E-state index contributed by atoms with van der Waals surface area (Å²) < 4.78 is 0. The molecule has 5 nitrogen and oxygen atoms in total. The number of rotatable bonds is 3. The molecule has 0 aromatic carbocycles. The Morgan fingerprint density at radius 3 is 2.56 bits per heavy atom. The minimum atomic E-state index is -0.480. The highest BCUT2D eigenvalue weighted by Crippen LogP contribution is 2.60. The van der Waals surface area contributed by atoms with E-state index < -0.39 is 5.91 Å². The maximum Gasteiger partial charge on any atom is 0.276 e.